The lowest BCUT2D eigenvalue weighted by molar-refractivity contribution is -0.141. The number of β-amino-alcohol motifs (C(OH)–C–C–N with tert-alkyl or cyclic N) is 1. The maximum atomic E-state index is 12.4. The summed E-state index contributed by atoms with van der Waals surface area (Å²) in [5, 5.41) is 27.4. The number of likely N-dealkylation sites (tertiary alicyclic amines) is 1. The quantitative estimate of drug-likeness (QED) is 0.831. The van der Waals surface area contributed by atoms with Gasteiger partial charge in [-0.3, -0.25) is 4.90 Å². The molecule has 110 valence electrons. The number of carbonyl (C=O) groups excluding carboxylic acids is 1. The molecule has 0 bridgehead atoms. The zero-order valence-corrected chi connectivity index (χ0v) is 11.4. The van der Waals surface area contributed by atoms with Crippen LogP contribution < -0.4 is 4.90 Å². The first-order valence-electron chi connectivity index (χ1n) is 6.39. The van der Waals surface area contributed by atoms with Gasteiger partial charge >= 0.3 is 12.0 Å². The number of nitrogens with zero attached hydrogens (tertiary/aromatic N) is 3. The zero-order valence-electron chi connectivity index (χ0n) is 11.4. The first kappa shape index (κ1) is 14.8. The fourth-order valence-corrected chi connectivity index (χ4v) is 2.32. The minimum Gasteiger partial charge on any atom is -0.480 e. The van der Waals surface area contributed by atoms with Crippen molar-refractivity contribution in [1.82, 2.24) is 4.90 Å². The van der Waals surface area contributed by atoms with Crippen LogP contribution in [0.5, 0.6) is 0 Å². The molecule has 1 fully saturated rings. The number of carboxylic acid groups (broad SMARTS) is 1. The van der Waals surface area contributed by atoms with Crippen LogP contribution in [-0.4, -0.2) is 52.9 Å². The summed E-state index contributed by atoms with van der Waals surface area (Å²) in [6, 6.07) is 6.84. The zero-order chi connectivity index (χ0) is 15.6. The summed E-state index contributed by atoms with van der Waals surface area (Å²) in [4.78, 5) is 26.0. The van der Waals surface area contributed by atoms with Crippen LogP contribution in [-0.2, 0) is 4.79 Å². The predicted octanol–water partition coefficient (Wildman–Crippen LogP) is 0.634. The van der Waals surface area contributed by atoms with E-state index in [0.29, 0.717) is 11.3 Å². The van der Waals surface area contributed by atoms with Crippen LogP contribution in [0, 0.1) is 11.3 Å². The first-order chi connectivity index (χ1) is 9.93. The van der Waals surface area contributed by atoms with E-state index in [9.17, 15) is 14.7 Å². The van der Waals surface area contributed by atoms with Gasteiger partial charge in [-0.05, 0) is 24.3 Å². The van der Waals surface area contributed by atoms with Gasteiger partial charge in [0.2, 0.25) is 0 Å². The van der Waals surface area contributed by atoms with E-state index < -0.39 is 24.1 Å². The molecule has 0 saturated carbocycles. The fourth-order valence-electron chi connectivity index (χ4n) is 2.32. The summed E-state index contributed by atoms with van der Waals surface area (Å²) in [6.07, 6.45) is -0.799. The van der Waals surface area contributed by atoms with Crippen molar-refractivity contribution in [3.05, 3.63) is 29.8 Å². The van der Waals surface area contributed by atoms with Gasteiger partial charge in [-0.1, -0.05) is 0 Å². The number of amides is 2. The molecule has 2 atom stereocenters. The minimum absolute atomic E-state index is 0.00355. The van der Waals surface area contributed by atoms with Gasteiger partial charge in [-0.15, -0.1) is 0 Å². The Balaban J connectivity index is 2.18. The molecule has 2 rings (SSSR count). The molecule has 0 unspecified atom stereocenters. The Morgan fingerprint density at radius 1 is 1.38 bits per heavy atom. The van der Waals surface area contributed by atoms with Crippen molar-refractivity contribution in [3.63, 3.8) is 0 Å². The highest BCUT2D eigenvalue weighted by Crippen LogP contribution is 2.22. The van der Waals surface area contributed by atoms with Gasteiger partial charge in [-0.25, -0.2) is 9.59 Å². The molecule has 2 amide bonds. The summed E-state index contributed by atoms with van der Waals surface area (Å²) in [5.41, 5.74) is 1.02. The smallest absolute Gasteiger partial charge is 0.326 e. The summed E-state index contributed by atoms with van der Waals surface area (Å²) >= 11 is 0. The number of aliphatic hydroxyl groups is 1. The normalized spacial score (nSPS) is 20.9. The minimum atomic E-state index is -1.13. The highest BCUT2D eigenvalue weighted by molar-refractivity contribution is 5.94. The maximum absolute atomic E-state index is 12.4. The largest absolute Gasteiger partial charge is 0.480 e. The van der Waals surface area contributed by atoms with Gasteiger partial charge < -0.3 is 15.1 Å². The van der Waals surface area contributed by atoms with E-state index in [-0.39, 0.29) is 13.0 Å². The van der Waals surface area contributed by atoms with E-state index in [0.717, 1.165) is 4.90 Å². The van der Waals surface area contributed by atoms with E-state index in [1.165, 1.54) is 11.9 Å². The summed E-state index contributed by atoms with van der Waals surface area (Å²) in [7, 11) is 1.52. The molecule has 1 aromatic carbocycles. The number of anilines is 1. The molecule has 1 aliphatic heterocycles. The number of hydrogen-bond donors (Lipinski definition) is 2. The molecule has 21 heavy (non-hydrogen) atoms. The third-order valence-corrected chi connectivity index (χ3v) is 3.48. The summed E-state index contributed by atoms with van der Waals surface area (Å²) in [5.74, 6) is -1.13. The number of aliphatic carboxylic acids is 1. The highest BCUT2D eigenvalue weighted by atomic mass is 16.4. The molecule has 0 aliphatic carbocycles. The molecule has 1 aromatic rings. The van der Waals surface area contributed by atoms with Gasteiger partial charge in [0.05, 0.1) is 17.7 Å². The van der Waals surface area contributed by atoms with E-state index in [1.54, 1.807) is 24.3 Å². The van der Waals surface area contributed by atoms with Gasteiger partial charge in [0, 0.05) is 25.7 Å². The Hall–Kier alpha value is -2.59. The number of aliphatic hydroxyl groups excluding tert-OH is 1. The van der Waals surface area contributed by atoms with Crippen molar-refractivity contribution in [3.8, 4) is 6.07 Å². The lowest BCUT2D eigenvalue weighted by atomic mass is 10.2. The van der Waals surface area contributed by atoms with Crippen molar-refractivity contribution in [1.29, 1.82) is 5.26 Å². The molecule has 1 aliphatic rings. The van der Waals surface area contributed by atoms with Gasteiger partial charge in [0.15, 0.2) is 0 Å². The molecule has 1 heterocycles. The van der Waals surface area contributed by atoms with Crippen molar-refractivity contribution in [2.75, 3.05) is 18.5 Å². The number of urea groups is 1. The van der Waals surface area contributed by atoms with E-state index >= 15 is 0 Å². The third-order valence-electron chi connectivity index (χ3n) is 3.48. The van der Waals surface area contributed by atoms with Crippen LogP contribution in [0.1, 0.15) is 12.0 Å². The molecule has 7 heteroatoms. The van der Waals surface area contributed by atoms with Gasteiger partial charge in [-0.2, -0.15) is 5.26 Å². The number of carbonyl (C=O) groups is 2. The van der Waals surface area contributed by atoms with Gasteiger partial charge in [0.1, 0.15) is 6.04 Å². The topological polar surface area (TPSA) is 105 Å². The second kappa shape index (κ2) is 5.81. The Morgan fingerprint density at radius 2 is 2.00 bits per heavy atom. The molecule has 1 saturated heterocycles. The molecule has 0 spiro atoms. The second-order valence-corrected chi connectivity index (χ2v) is 4.90. The lowest BCUT2D eigenvalue weighted by Gasteiger charge is -2.27. The average molecular weight is 289 g/mol. The monoisotopic (exact) mass is 289 g/mol. The van der Waals surface area contributed by atoms with Crippen LogP contribution in [0.2, 0.25) is 0 Å². The molecule has 0 aromatic heterocycles. The van der Waals surface area contributed by atoms with E-state index in [2.05, 4.69) is 0 Å². The highest BCUT2D eigenvalue weighted by Gasteiger charge is 2.40. The fraction of sp³-hybridized carbons (Fsp3) is 0.357. The molecule has 7 nitrogen and oxygen atoms in total. The van der Waals surface area contributed by atoms with E-state index in [4.69, 9.17) is 10.4 Å². The Kier molecular flexibility index (Phi) is 4.10. The first-order valence-corrected chi connectivity index (χ1v) is 6.39. The number of rotatable bonds is 2. The average Bonchev–Trinajstić information content (AvgIpc) is 2.88. The van der Waals surface area contributed by atoms with Crippen molar-refractivity contribution >= 4 is 17.7 Å². The van der Waals surface area contributed by atoms with Gasteiger partial charge in [0.25, 0.3) is 0 Å². The van der Waals surface area contributed by atoms with Crippen LogP contribution in [0.15, 0.2) is 24.3 Å². The SMILES string of the molecule is CN(C(=O)N1C[C@H](O)C[C@H]1C(=O)O)c1ccc(C#N)cc1. The Morgan fingerprint density at radius 3 is 2.52 bits per heavy atom. The molecular formula is C14H15N3O4. The number of hydrogen-bond acceptors (Lipinski definition) is 4. The molecule has 2 N–H and O–H groups in total. The standard InChI is InChI=1S/C14H15N3O4/c1-16(10-4-2-9(7-15)3-5-10)14(21)17-8-11(18)6-12(17)13(19)20/h2-5,11-12,18H,6,8H2,1H3,(H,19,20)/t11-,12+/m1/s1. The summed E-state index contributed by atoms with van der Waals surface area (Å²) in [6.45, 7) is -0.00355. The number of benzene rings is 1. The van der Waals surface area contributed by atoms with Crippen LogP contribution in [0.4, 0.5) is 10.5 Å². The number of carboxylic acids is 1. The van der Waals surface area contributed by atoms with E-state index in [1.807, 2.05) is 6.07 Å². The van der Waals surface area contributed by atoms with Crippen molar-refractivity contribution in [2.24, 2.45) is 0 Å². The van der Waals surface area contributed by atoms with Crippen LogP contribution >= 0.6 is 0 Å². The van der Waals surface area contributed by atoms with Crippen LogP contribution in [0.3, 0.4) is 0 Å². The molecule has 0 radical (unpaired) electrons. The Labute approximate surface area is 121 Å². The summed E-state index contributed by atoms with van der Waals surface area (Å²) < 4.78 is 0. The lowest BCUT2D eigenvalue weighted by Crippen LogP contribution is -2.47. The Bertz CT molecular complexity index is 593. The van der Waals surface area contributed by atoms with Crippen LogP contribution in [0.25, 0.3) is 0 Å². The molecular weight excluding hydrogens is 274 g/mol. The number of nitriles is 1. The van der Waals surface area contributed by atoms with Crippen molar-refractivity contribution in [2.45, 2.75) is 18.6 Å². The predicted molar refractivity (Wildman–Crippen MR) is 73.7 cm³/mol. The van der Waals surface area contributed by atoms with Crippen molar-refractivity contribution < 1.29 is 19.8 Å². The second-order valence-electron chi connectivity index (χ2n) is 4.90. The third kappa shape index (κ3) is 2.95. The maximum Gasteiger partial charge on any atom is 0.326 e.